The molecule has 0 bridgehead atoms. The molecule has 0 saturated heterocycles. The van der Waals surface area contributed by atoms with Crippen molar-refractivity contribution in [3.8, 4) is 0 Å². The van der Waals surface area contributed by atoms with E-state index in [1.54, 1.807) is 6.07 Å². The van der Waals surface area contributed by atoms with E-state index in [4.69, 9.17) is 4.74 Å². The van der Waals surface area contributed by atoms with E-state index < -0.39 is 52.4 Å². The largest absolute Gasteiger partial charge is 0.383 e. The lowest BCUT2D eigenvalue weighted by Gasteiger charge is -2.32. The summed E-state index contributed by atoms with van der Waals surface area (Å²) in [5, 5.41) is 0. The average Bonchev–Trinajstić information content (AvgIpc) is 3.04. The standard InChI is InChI=1S/C38H40F8O/c1-2-3-4-5-23-6-9-25(10-7-23)27-13-17-30(32(39)20-27)26-11-14-29(15-12-26)47-38(45,46)28-21-33(40)31(34(41)22-28)16-8-24-18-35(42)37(44)36(43)19-24/h8,13,16-23,25-26,29H,2-7,9-12,14-15H2,1H3/b16-8+. The van der Waals surface area contributed by atoms with Crippen molar-refractivity contribution in [1.29, 1.82) is 0 Å². The van der Waals surface area contributed by atoms with E-state index in [1.165, 1.54) is 38.5 Å². The maximum Gasteiger partial charge on any atom is 0.383 e. The minimum atomic E-state index is -4.01. The molecule has 5 rings (SSSR count). The highest BCUT2D eigenvalue weighted by Gasteiger charge is 2.39. The van der Waals surface area contributed by atoms with Crippen LogP contribution < -0.4 is 0 Å². The molecule has 0 atom stereocenters. The molecule has 254 valence electrons. The van der Waals surface area contributed by atoms with Crippen LogP contribution in [-0.4, -0.2) is 6.10 Å². The molecule has 0 radical (unpaired) electrons. The zero-order chi connectivity index (χ0) is 33.7. The fraction of sp³-hybridized carbons (Fsp3) is 0.474. The van der Waals surface area contributed by atoms with Crippen molar-refractivity contribution in [2.24, 2.45) is 5.92 Å². The molecule has 0 aliphatic heterocycles. The summed E-state index contributed by atoms with van der Waals surface area (Å²) in [6, 6.07) is 7.62. The van der Waals surface area contributed by atoms with Gasteiger partial charge in [-0.2, -0.15) is 8.78 Å². The summed E-state index contributed by atoms with van der Waals surface area (Å²) >= 11 is 0. The van der Waals surface area contributed by atoms with Crippen molar-refractivity contribution < 1.29 is 39.9 Å². The first-order valence-corrected chi connectivity index (χ1v) is 16.6. The summed E-state index contributed by atoms with van der Waals surface area (Å²) < 4.78 is 120. The molecule has 9 heteroatoms. The lowest BCUT2D eigenvalue weighted by molar-refractivity contribution is -0.277. The van der Waals surface area contributed by atoms with Crippen LogP contribution in [0.3, 0.4) is 0 Å². The first-order valence-electron chi connectivity index (χ1n) is 16.6. The molecule has 2 aliphatic carbocycles. The van der Waals surface area contributed by atoms with E-state index >= 15 is 13.2 Å². The number of halogens is 8. The van der Waals surface area contributed by atoms with Gasteiger partial charge < -0.3 is 4.74 Å². The van der Waals surface area contributed by atoms with Crippen molar-refractivity contribution in [3.05, 3.63) is 105 Å². The molecule has 0 unspecified atom stereocenters. The summed E-state index contributed by atoms with van der Waals surface area (Å²) in [5.41, 5.74) is -0.374. The Labute approximate surface area is 271 Å². The molecule has 2 saturated carbocycles. The van der Waals surface area contributed by atoms with Gasteiger partial charge in [0.2, 0.25) is 0 Å². The Hall–Kier alpha value is -3.20. The van der Waals surface area contributed by atoms with Crippen LogP contribution in [0.1, 0.15) is 124 Å². The van der Waals surface area contributed by atoms with Crippen LogP contribution >= 0.6 is 0 Å². The molecule has 2 aliphatic rings. The second-order valence-corrected chi connectivity index (χ2v) is 13.1. The summed E-state index contributed by atoms with van der Waals surface area (Å²) in [4.78, 5) is 0. The Morgan fingerprint density at radius 3 is 1.89 bits per heavy atom. The van der Waals surface area contributed by atoms with Gasteiger partial charge in [-0.1, -0.05) is 50.8 Å². The van der Waals surface area contributed by atoms with Gasteiger partial charge in [0.05, 0.1) is 11.7 Å². The van der Waals surface area contributed by atoms with Crippen molar-refractivity contribution in [1.82, 2.24) is 0 Å². The summed E-state index contributed by atoms with van der Waals surface area (Å²) in [6.45, 7) is 2.21. The van der Waals surface area contributed by atoms with Crippen LogP contribution in [0.5, 0.6) is 0 Å². The fourth-order valence-corrected chi connectivity index (χ4v) is 7.13. The molecule has 47 heavy (non-hydrogen) atoms. The Kier molecular flexibility index (Phi) is 11.5. The number of hydrogen-bond acceptors (Lipinski definition) is 1. The number of rotatable bonds is 11. The lowest BCUT2D eigenvalue weighted by Crippen LogP contribution is -2.29. The smallest absolute Gasteiger partial charge is 0.313 e. The van der Waals surface area contributed by atoms with Crippen molar-refractivity contribution in [3.63, 3.8) is 0 Å². The summed E-state index contributed by atoms with van der Waals surface area (Å²) in [6.07, 6.45) is 7.66. The molecular formula is C38H40F8O. The van der Waals surface area contributed by atoms with E-state index in [0.717, 1.165) is 36.5 Å². The molecule has 3 aromatic carbocycles. The Bertz CT molecular complexity index is 1510. The number of unbranched alkanes of at least 4 members (excludes halogenated alkanes) is 2. The molecule has 3 aromatic rings. The van der Waals surface area contributed by atoms with Crippen LogP contribution in [0, 0.1) is 40.8 Å². The number of hydrogen-bond donors (Lipinski definition) is 0. The highest BCUT2D eigenvalue weighted by atomic mass is 19.3. The number of ether oxygens (including phenoxy) is 1. The monoisotopic (exact) mass is 664 g/mol. The van der Waals surface area contributed by atoms with Crippen LogP contribution in [0.4, 0.5) is 35.1 Å². The third-order valence-corrected chi connectivity index (χ3v) is 9.85. The molecule has 1 nitrogen and oxygen atoms in total. The Balaban J connectivity index is 1.16. The number of alkyl halides is 2. The summed E-state index contributed by atoms with van der Waals surface area (Å²) in [7, 11) is 0. The molecule has 0 aromatic heterocycles. The molecule has 0 N–H and O–H groups in total. The van der Waals surface area contributed by atoms with E-state index in [9.17, 15) is 22.0 Å². The average molecular weight is 665 g/mol. The third-order valence-electron chi connectivity index (χ3n) is 9.85. The number of benzene rings is 3. The van der Waals surface area contributed by atoms with E-state index in [-0.39, 0.29) is 30.1 Å². The Morgan fingerprint density at radius 2 is 1.30 bits per heavy atom. The van der Waals surface area contributed by atoms with Gasteiger partial charge in [0.25, 0.3) is 0 Å². The molecule has 0 spiro atoms. The molecule has 0 heterocycles. The molecular weight excluding hydrogens is 624 g/mol. The van der Waals surface area contributed by atoms with E-state index in [1.807, 2.05) is 12.1 Å². The predicted octanol–water partition coefficient (Wildman–Crippen LogP) is 12.3. The normalized spacial score (nSPS) is 22.2. The van der Waals surface area contributed by atoms with Gasteiger partial charge in [-0.15, -0.1) is 0 Å². The van der Waals surface area contributed by atoms with Crippen molar-refractivity contribution in [2.45, 2.75) is 108 Å². The van der Waals surface area contributed by atoms with Crippen LogP contribution in [-0.2, 0) is 10.8 Å². The van der Waals surface area contributed by atoms with E-state index in [0.29, 0.717) is 48.6 Å². The highest BCUT2D eigenvalue weighted by molar-refractivity contribution is 5.70. The SMILES string of the molecule is CCCCCC1CCC(c2ccc(C3CCC(OC(F)(F)c4cc(F)c(/C=C/c5cc(F)c(F)c(F)c5)c(F)c4)CC3)c(F)c2)CC1. The minimum absolute atomic E-state index is 0.143. The fourth-order valence-electron chi connectivity index (χ4n) is 7.13. The van der Waals surface area contributed by atoms with E-state index in [2.05, 4.69) is 6.92 Å². The second-order valence-electron chi connectivity index (χ2n) is 13.1. The maximum atomic E-state index is 15.3. The second kappa shape index (κ2) is 15.3. The van der Waals surface area contributed by atoms with Gasteiger partial charge in [0.1, 0.15) is 17.5 Å². The Morgan fingerprint density at radius 1 is 0.681 bits per heavy atom. The van der Waals surface area contributed by atoms with Crippen molar-refractivity contribution in [2.75, 3.05) is 0 Å². The summed E-state index contributed by atoms with van der Waals surface area (Å²) in [5.74, 6) is -6.65. The highest BCUT2D eigenvalue weighted by Crippen LogP contribution is 2.42. The topological polar surface area (TPSA) is 9.23 Å². The van der Waals surface area contributed by atoms with Crippen molar-refractivity contribution >= 4 is 12.2 Å². The minimum Gasteiger partial charge on any atom is -0.313 e. The van der Waals surface area contributed by atoms with Gasteiger partial charge in [0.15, 0.2) is 17.5 Å². The maximum absolute atomic E-state index is 15.3. The lowest BCUT2D eigenvalue weighted by atomic mass is 9.76. The van der Waals surface area contributed by atoms with Gasteiger partial charge in [-0.25, -0.2) is 26.3 Å². The zero-order valence-electron chi connectivity index (χ0n) is 26.4. The zero-order valence-corrected chi connectivity index (χ0v) is 26.4. The van der Waals surface area contributed by atoms with Crippen LogP contribution in [0.15, 0.2) is 42.5 Å². The van der Waals surface area contributed by atoms with Crippen LogP contribution in [0.2, 0.25) is 0 Å². The van der Waals surface area contributed by atoms with Gasteiger partial charge in [-0.3, -0.25) is 0 Å². The molecule has 2 fully saturated rings. The van der Waals surface area contributed by atoms with Gasteiger partial charge >= 0.3 is 6.11 Å². The quantitative estimate of drug-likeness (QED) is 0.0858. The predicted molar refractivity (Wildman–Crippen MR) is 167 cm³/mol. The first kappa shape index (κ1) is 35.1. The van der Waals surface area contributed by atoms with Crippen LogP contribution in [0.25, 0.3) is 12.2 Å². The first-order chi connectivity index (χ1) is 22.4. The molecule has 0 amide bonds. The third kappa shape index (κ3) is 8.64. The van der Waals surface area contributed by atoms with Gasteiger partial charge in [0, 0.05) is 5.56 Å². The van der Waals surface area contributed by atoms with Gasteiger partial charge in [-0.05, 0) is 122 Å².